The third-order valence-corrected chi connectivity index (χ3v) is 4.87. The van der Waals surface area contributed by atoms with Crippen molar-refractivity contribution in [3.63, 3.8) is 0 Å². The van der Waals surface area contributed by atoms with Crippen molar-refractivity contribution in [1.29, 1.82) is 0 Å². The van der Waals surface area contributed by atoms with Gasteiger partial charge in [-0.05, 0) is 43.4 Å². The first-order chi connectivity index (χ1) is 11.5. The summed E-state index contributed by atoms with van der Waals surface area (Å²) in [4.78, 5) is 12.9. The van der Waals surface area contributed by atoms with Crippen LogP contribution < -0.4 is 15.3 Å². The fraction of sp³-hybridized carbons (Fsp3) is 0.526. The minimum absolute atomic E-state index is 0.251. The summed E-state index contributed by atoms with van der Waals surface area (Å²) in [5.74, 6) is 1.41. The van der Waals surface area contributed by atoms with Gasteiger partial charge in [0.15, 0.2) is 0 Å². The zero-order chi connectivity index (χ0) is 17.1. The van der Waals surface area contributed by atoms with Crippen molar-refractivity contribution >= 4 is 11.0 Å². The Labute approximate surface area is 141 Å². The molecule has 2 aromatic rings. The number of fused-ring (bicyclic) bond motifs is 1. The highest BCUT2D eigenvalue weighted by Crippen LogP contribution is 2.22. The number of ether oxygens (including phenoxy) is 1. The predicted molar refractivity (Wildman–Crippen MR) is 92.7 cm³/mol. The molecular formula is C19H26NO4+. The number of quaternary nitrogens is 1. The highest BCUT2D eigenvalue weighted by Gasteiger charge is 2.21. The van der Waals surface area contributed by atoms with Gasteiger partial charge in [-0.1, -0.05) is 6.92 Å². The molecule has 24 heavy (non-hydrogen) atoms. The maximum absolute atomic E-state index is 11.5. The molecule has 0 amide bonds. The van der Waals surface area contributed by atoms with Gasteiger partial charge in [-0.25, -0.2) is 4.79 Å². The van der Waals surface area contributed by atoms with Crippen LogP contribution in [0.25, 0.3) is 11.0 Å². The summed E-state index contributed by atoms with van der Waals surface area (Å²) in [5.41, 5.74) is 1.04. The Kier molecular flexibility index (Phi) is 5.21. The quantitative estimate of drug-likeness (QED) is 0.807. The van der Waals surface area contributed by atoms with Gasteiger partial charge in [-0.3, -0.25) is 0 Å². The zero-order valence-corrected chi connectivity index (χ0v) is 14.4. The van der Waals surface area contributed by atoms with E-state index in [4.69, 9.17) is 9.15 Å². The monoisotopic (exact) mass is 332 g/mol. The largest absolute Gasteiger partial charge is 0.491 e. The lowest BCUT2D eigenvalue weighted by Gasteiger charge is -2.28. The summed E-state index contributed by atoms with van der Waals surface area (Å²) in [6.07, 6.45) is 1.96. The molecule has 1 aliphatic heterocycles. The molecule has 0 saturated carbocycles. The molecule has 1 fully saturated rings. The van der Waals surface area contributed by atoms with Crippen molar-refractivity contribution in [3.05, 3.63) is 40.2 Å². The van der Waals surface area contributed by atoms with Crippen LogP contribution in [0, 0.1) is 12.8 Å². The van der Waals surface area contributed by atoms with Crippen LogP contribution in [-0.4, -0.2) is 37.5 Å². The van der Waals surface area contributed by atoms with Crippen LogP contribution in [-0.2, 0) is 0 Å². The van der Waals surface area contributed by atoms with Gasteiger partial charge < -0.3 is 19.2 Å². The van der Waals surface area contributed by atoms with Gasteiger partial charge in [0.1, 0.15) is 30.6 Å². The number of hydrogen-bond acceptors (Lipinski definition) is 4. The molecule has 0 bridgehead atoms. The standard InChI is InChI=1S/C19H25NO4/c1-13-5-7-20(8-6-13)11-15(21)12-23-16-3-4-17-14(2)9-19(22)24-18(17)10-16/h3-4,9-10,13,15,21H,5-8,11-12H2,1-2H3/p+1/t15-/m0/s1. The van der Waals surface area contributed by atoms with Crippen molar-refractivity contribution in [2.75, 3.05) is 26.2 Å². The van der Waals surface area contributed by atoms with Crippen LogP contribution in [0.1, 0.15) is 25.3 Å². The van der Waals surface area contributed by atoms with Gasteiger partial charge in [0.2, 0.25) is 0 Å². The van der Waals surface area contributed by atoms with E-state index in [9.17, 15) is 9.90 Å². The summed E-state index contributed by atoms with van der Waals surface area (Å²) in [5, 5.41) is 11.1. The summed E-state index contributed by atoms with van der Waals surface area (Å²) < 4.78 is 10.9. The molecule has 0 radical (unpaired) electrons. The van der Waals surface area contributed by atoms with Gasteiger partial charge in [-0.2, -0.15) is 0 Å². The second-order valence-electron chi connectivity index (χ2n) is 7.01. The Hall–Kier alpha value is -1.85. The Morgan fingerprint density at radius 2 is 2.08 bits per heavy atom. The molecule has 0 unspecified atom stereocenters. The third kappa shape index (κ3) is 4.16. The van der Waals surface area contributed by atoms with Gasteiger partial charge in [0, 0.05) is 17.5 Å². The second kappa shape index (κ2) is 7.36. The molecule has 1 aromatic carbocycles. The topological polar surface area (TPSA) is 64.1 Å². The molecule has 0 spiro atoms. The van der Waals surface area contributed by atoms with E-state index >= 15 is 0 Å². The number of benzene rings is 1. The van der Waals surface area contributed by atoms with Crippen LogP contribution in [0.4, 0.5) is 0 Å². The Bertz CT molecular complexity index is 747. The average Bonchev–Trinajstić information content (AvgIpc) is 2.54. The first-order valence-electron chi connectivity index (χ1n) is 8.70. The number of aliphatic hydroxyl groups excluding tert-OH is 1. The number of nitrogens with one attached hydrogen (secondary N) is 1. The Morgan fingerprint density at radius 1 is 1.33 bits per heavy atom. The molecule has 2 N–H and O–H groups in total. The molecule has 0 aliphatic carbocycles. The summed E-state index contributed by atoms with van der Waals surface area (Å²) in [7, 11) is 0. The van der Waals surface area contributed by atoms with E-state index in [1.54, 1.807) is 6.07 Å². The highest BCUT2D eigenvalue weighted by atomic mass is 16.5. The Balaban J connectivity index is 1.58. The van der Waals surface area contributed by atoms with E-state index in [0.29, 0.717) is 17.9 Å². The van der Waals surface area contributed by atoms with Crippen LogP contribution in [0.3, 0.4) is 0 Å². The third-order valence-electron chi connectivity index (χ3n) is 4.87. The smallest absolute Gasteiger partial charge is 0.336 e. The fourth-order valence-electron chi connectivity index (χ4n) is 3.35. The number of likely N-dealkylation sites (tertiary alicyclic amines) is 1. The number of piperidine rings is 1. The summed E-state index contributed by atoms with van der Waals surface area (Å²) >= 11 is 0. The average molecular weight is 332 g/mol. The first-order valence-corrected chi connectivity index (χ1v) is 8.70. The van der Waals surface area contributed by atoms with Crippen LogP contribution in [0.5, 0.6) is 5.75 Å². The molecule has 5 nitrogen and oxygen atoms in total. The van der Waals surface area contributed by atoms with Crippen molar-refractivity contribution in [2.24, 2.45) is 5.92 Å². The lowest BCUT2D eigenvalue weighted by molar-refractivity contribution is -0.909. The van der Waals surface area contributed by atoms with Gasteiger partial charge >= 0.3 is 5.63 Å². The number of aliphatic hydroxyl groups is 1. The van der Waals surface area contributed by atoms with E-state index in [2.05, 4.69) is 6.92 Å². The molecular weight excluding hydrogens is 306 g/mol. The first kappa shape index (κ1) is 17.0. The van der Waals surface area contributed by atoms with E-state index < -0.39 is 6.10 Å². The van der Waals surface area contributed by atoms with Gasteiger partial charge in [0.05, 0.1) is 13.1 Å². The van der Waals surface area contributed by atoms with Crippen molar-refractivity contribution in [3.8, 4) is 5.75 Å². The van der Waals surface area contributed by atoms with Crippen molar-refractivity contribution in [2.45, 2.75) is 32.8 Å². The van der Waals surface area contributed by atoms with Crippen LogP contribution in [0.15, 0.2) is 33.5 Å². The van der Waals surface area contributed by atoms with E-state index in [-0.39, 0.29) is 12.2 Å². The summed E-state index contributed by atoms with van der Waals surface area (Å²) in [6, 6.07) is 6.92. The van der Waals surface area contributed by atoms with Crippen LogP contribution in [0.2, 0.25) is 0 Å². The number of aryl methyl sites for hydroxylation is 1. The molecule has 1 aromatic heterocycles. The van der Waals surface area contributed by atoms with Crippen LogP contribution >= 0.6 is 0 Å². The zero-order valence-electron chi connectivity index (χ0n) is 14.4. The fourth-order valence-corrected chi connectivity index (χ4v) is 3.35. The maximum atomic E-state index is 11.5. The van der Waals surface area contributed by atoms with Gasteiger partial charge in [-0.15, -0.1) is 0 Å². The summed E-state index contributed by atoms with van der Waals surface area (Å²) in [6.45, 7) is 7.38. The molecule has 1 atom stereocenters. The Morgan fingerprint density at radius 3 is 2.83 bits per heavy atom. The van der Waals surface area contributed by atoms with Gasteiger partial charge in [0.25, 0.3) is 0 Å². The maximum Gasteiger partial charge on any atom is 0.336 e. The van der Waals surface area contributed by atoms with Crippen molar-refractivity contribution in [1.82, 2.24) is 0 Å². The van der Waals surface area contributed by atoms with E-state index in [1.165, 1.54) is 23.8 Å². The highest BCUT2D eigenvalue weighted by molar-refractivity contribution is 5.81. The van der Waals surface area contributed by atoms with Crippen molar-refractivity contribution < 1.29 is 19.2 Å². The minimum Gasteiger partial charge on any atom is -0.491 e. The molecule has 130 valence electrons. The molecule has 3 rings (SSSR count). The molecule has 2 heterocycles. The SMILES string of the molecule is Cc1cc(=O)oc2cc(OC[C@@H](O)C[NH+]3CCC(C)CC3)ccc12. The lowest BCUT2D eigenvalue weighted by Crippen LogP contribution is -3.14. The minimum atomic E-state index is -0.492. The number of hydrogen-bond donors (Lipinski definition) is 2. The second-order valence-corrected chi connectivity index (χ2v) is 7.01. The number of rotatable bonds is 5. The predicted octanol–water partition coefficient (Wildman–Crippen LogP) is 1.16. The van der Waals surface area contributed by atoms with E-state index in [1.807, 2.05) is 19.1 Å². The molecule has 5 heteroatoms. The lowest BCUT2D eigenvalue weighted by atomic mass is 9.99. The molecule has 1 saturated heterocycles. The van der Waals surface area contributed by atoms with E-state index in [0.717, 1.165) is 30.0 Å². The molecule has 1 aliphatic rings. The normalized spacial score (nSPS) is 22.5.